The van der Waals surface area contributed by atoms with Gasteiger partial charge in [0.2, 0.25) is 0 Å². The fourth-order valence-electron chi connectivity index (χ4n) is 1.32. The zero-order valence-electron chi connectivity index (χ0n) is 8.03. The molecule has 0 bridgehead atoms. The van der Waals surface area contributed by atoms with Crippen molar-refractivity contribution in [3.05, 3.63) is 24.3 Å². The maximum Gasteiger partial charge on any atom is 0.303 e. The summed E-state index contributed by atoms with van der Waals surface area (Å²) in [6.45, 7) is 1.44. The van der Waals surface area contributed by atoms with Gasteiger partial charge in [0.1, 0.15) is 6.10 Å². The molecule has 1 rings (SSSR count). The molecule has 2 heteroatoms. The molecule has 2 nitrogen and oxygen atoms in total. The van der Waals surface area contributed by atoms with Gasteiger partial charge in [0.25, 0.3) is 0 Å². The molecule has 0 aromatic heterocycles. The summed E-state index contributed by atoms with van der Waals surface area (Å²) < 4.78 is 5.07. The average molecular weight is 180 g/mol. The number of carbonyl (C=O) groups is 1. The van der Waals surface area contributed by atoms with Gasteiger partial charge in [0.05, 0.1) is 0 Å². The molecule has 1 aliphatic carbocycles. The Morgan fingerprint density at radius 1 is 1.23 bits per heavy atom. The SMILES string of the molecule is CC(=O)OC1/C=C\CCCC/C=C/1. The summed E-state index contributed by atoms with van der Waals surface area (Å²) in [6, 6.07) is 0. The Kier molecular flexibility index (Phi) is 4.30. The van der Waals surface area contributed by atoms with Crippen LogP contribution < -0.4 is 0 Å². The molecule has 13 heavy (non-hydrogen) atoms. The summed E-state index contributed by atoms with van der Waals surface area (Å²) in [4.78, 5) is 10.7. The third-order valence-electron chi connectivity index (χ3n) is 1.95. The number of carbonyl (C=O) groups excluding carboxylic acids is 1. The second-order valence-electron chi connectivity index (χ2n) is 3.21. The summed E-state index contributed by atoms with van der Waals surface area (Å²) in [5, 5.41) is 0. The van der Waals surface area contributed by atoms with Crippen molar-refractivity contribution in [3.8, 4) is 0 Å². The lowest BCUT2D eigenvalue weighted by Crippen LogP contribution is -2.10. The Morgan fingerprint density at radius 3 is 2.23 bits per heavy atom. The van der Waals surface area contributed by atoms with E-state index < -0.39 is 0 Å². The lowest BCUT2D eigenvalue weighted by Gasteiger charge is -2.07. The van der Waals surface area contributed by atoms with Crippen LogP contribution in [0, 0.1) is 0 Å². The molecule has 0 radical (unpaired) electrons. The standard InChI is InChI=1S/C11H16O2/c1-10(12)13-11-8-6-4-2-3-5-7-9-11/h6-9,11H,2-5H2,1H3/b8-6-,9-7+. The highest BCUT2D eigenvalue weighted by molar-refractivity contribution is 5.66. The second-order valence-corrected chi connectivity index (χ2v) is 3.21. The third kappa shape index (κ3) is 4.51. The van der Waals surface area contributed by atoms with Crippen molar-refractivity contribution in [1.82, 2.24) is 0 Å². The first-order valence-corrected chi connectivity index (χ1v) is 4.79. The fourth-order valence-corrected chi connectivity index (χ4v) is 1.32. The Bertz CT molecular complexity index is 200. The second kappa shape index (κ2) is 5.57. The zero-order valence-corrected chi connectivity index (χ0v) is 8.03. The zero-order chi connectivity index (χ0) is 9.52. The van der Waals surface area contributed by atoms with Crippen LogP contribution in [-0.4, -0.2) is 12.1 Å². The van der Waals surface area contributed by atoms with E-state index >= 15 is 0 Å². The van der Waals surface area contributed by atoms with E-state index in [-0.39, 0.29) is 12.1 Å². The predicted molar refractivity (Wildman–Crippen MR) is 52.3 cm³/mol. The first-order chi connectivity index (χ1) is 6.29. The number of allylic oxidation sites excluding steroid dienone is 2. The van der Waals surface area contributed by atoms with Crippen molar-refractivity contribution in [1.29, 1.82) is 0 Å². The minimum Gasteiger partial charge on any atom is -0.454 e. The normalized spacial score (nSPS) is 27.9. The number of hydrogen-bond acceptors (Lipinski definition) is 2. The fraction of sp³-hybridized carbons (Fsp3) is 0.545. The summed E-state index contributed by atoms with van der Waals surface area (Å²) in [6.07, 6.45) is 12.5. The van der Waals surface area contributed by atoms with Gasteiger partial charge in [-0.1, -0.05) is 12.2 Å². The van der Waals surface area contributed by atoms with Crippen LogP contribution in [0.2, 0.25) is 0 Å². The van der Waals surface area contributed by atoms with Crippen LogP contribution in [0.1, 0.15) is 32.6 Å². The molecular formula is C11H16O2. The Labute approximate surface area is 79.3 Å². The highest BCUT2D eigenvalue weighted by Gasteiger charge is 2.03. The quantitative estimate of drug-likeness (QED) is 0.458. The van der Waals surface area contributed by atoms with Crippen molar-refractivity contribution >= 4 is 5.97 Å². The van der Waals surface area contributed by atoms with Gasteiger partial charge in [0, 0.05) is 6.92 Å². The van der Waals surface area contributed by atoms with Gasteiger partial charge in [0.15, 0.2) is 0 Å². The van der Waals surface area contributed by atoms with Crippen molar-refractivity contribution in [2.75, 3.05) is 0 Å². The summed E-state index contributed by atoms with van der Waals surface area (Å²) in [7, 11) is 0. The molecule has 1 atom stereocenters. The van der Waals surface area contributed by atoms with E-state index in [0.29, 0.717) is 0 Å². The first kappa shape index (κ1) is 10.0. The highest BCUT2D eigenvalue weighted by Crippen LogP contribution is 2.08. The molecule has 0 aliphatic heterocycles. The molecule has 72 valence electrons. The molecular weight excluding hydrogens is 164 g/mol. The van der Waals surface area contributed by atoms with E-state index in [9.17, 15) is 4.79 Å². The van der Waals surface area contributed by atoms with E-state index in [4.69, 9.17) is 4.74 Å². The van der Waals surface area contributed by atoms with Crippen LogP contribution in [0.25, 0.3) is 0 Å². The number of ether oxygens (including phenoxy) is 1. The smallest absolute Gasteiger partial charge is 0.303 e. The van der Waals surface area contributed by atoms with Gasteiger partial charge in [-0.15, -0.1) is 0 Å². The summed E-state index contributed by atoms with van der Waals surface area (Å²) in [5.41, 5.74) is 0. The maximum absolute atomic E-state index is 10.7. The lowest BCUT2D eigenvalue weighted by atomic mass is 10.2. The molecule has 0 heterocycles. The van der Waals surface area contributed by atoms with Crippen molar-refractivity contribution in [2.45, 2.75) is 38.7 Å². The summed E-state index contributed by atoms with van der Waals surface area (Å²) >= 11 is 0. The maximum atomic E-state index is 10.7. The van der Waals surface area contributed by atoms with E-state index in [0.717, 1.165) is 12.8 Å². The van der Waals surface area contributed by atoms with Crippen molar-refractivity contribution in [2.24, 2.45) is 0 Å². The van der Waals surface area contributed by atoms with Gasteiger partial charge >= 0.3 is 5.97 Å². The minimum atomic E-state index is -0.224. The molecule has 1 unspecified atom stereocenters. The van der Waals surface area contributed by atoms with E-state index in [1.807, 2.05) is 12.2 Å². The van der Waals surface area contributed by atoms with Crippen molar-refractivity contribution < 1.29 is 9.53 Å². The molecule has 1 aliphatic rings. The Balaban J connectivity index is 2.51. The van der Waals surface area contributed by atoms with Gasteiger partial charge in [-0.25, -0.2) is 0 Å². The number of rotatable bonds is 1. The Hall–Kier alpha value is -1.05. The molecule has 0 saturated heterocycles. The molecule has 0 saturated carbocycles. The van der Waals surface area contributed by atoms with Crippen molar-refractivity contribution in [3.63, 3.8) is 0 Å². The van der Waals surface area contributed by atoms with Crippen LogP contribution in [0.15, 0.2) is 24.3 Å². The highest BCUT2D eigenvalue weighted by atomic mass is 16.5. The molecule has 0 fully saturated rings. The first-order valence-electron chi connectivity index (χ1n) is 4.79. The third-order valence-corrected chi connectivity index (χ3v) is 1.95. The Morgan fingerprint density at radius 2 is 1.77 bits per heavy atom. The van der Waals surface area contributed by atoms with E-state index in [1.165, 1.54) is 19.8 Å². The van der Waals surface area contributed by atoms with Gasteiger partial charge < -0.3 is 4.74 Å². The molecule has 0 N–H and O–H groups in total. The van der Waals surface area contributed by atoms with Crippen LogP contribution >= 0.6 is 0 Å². The van der Waals surface area contributed by atoms with Gasteiger partial charge in [-0.05, 0) is 37.8 Å². The average Bonchev–Trinajstić information content (AvgIpc) is 2.17. The van der Waals surface area contributed by atoms with E-state index in [2.05, 4.69) is 12.2 Å². The van der Waals surface area contributed by atoms with Gasteiger partial charge in [-0.2, -0.15) is 0 Å². The minimum absolute atomic E-state index is 0.157. The summed E-state index contributed by atoms with van der Waals surface area (Å²) in [5.74, 6) is -0.224. The number of hydrogen-bond donors (Lipinski definition) is 0. The molecule has 0 amide bonds. The van der Waals surface area contributed by atoms with Gasteiger partial charge in [-0.3, -0.25) is 4.79 Å². The topological polar surface area (TPSA) is 26.3 Å². The monoisotopic (exact) mass is 180 g/mol. The number of esters is 1. The van der Waals surface area contributed by atoms with Crippen LogP contribution in [0.4, 0.5) is 0 Å². The van der Waals surface area contributed by atoms with E-state index in [1.54, 1.807) is 0 Å². The van der Waals surface area contributed by atoms with Crippen LogP contribution in [0.3, 0.4) is 0 Å². The molecule has 0 spiro atoms. The lowest BCUT2D eigenvalue weighted by molar-refractivity contribution is -0.142. The predicted octanol–water partition coefficient (Wildman–Crippen LogP) is 2.60. The van der Waals surface area contributed by atoms with Crippen LogP contribution in [-0.2, 0) is 9.53 Å². The molecule has 0 aromatic carbocycles. The van der Waals surface area contributed by atoms with Crippen LogP contribution in [0.5, 0.6) is 0 Å². The molecule has 0 aromatic rings. The largest absolute Gasteiger partial charge is 0.454 e.